The minimum atomic E-state index is -0.965. The molecule has 2 fully saturated rings. The van der Waals surface area contributed by atoms with E-state index in [1.807, 2.05) is 12.1 Å². The second-order valence-electron chi connectivity index (χ2n) is 15.0. The number of aryl methyl sites for hydroxylation is 1. The molecule has 2 saturated heterocycles. The number of fused-ring (bicyclic) bond motifs is 2. The monoisotopic (exact) mass is 726 g/mol. The van der Waals surface area contributed by atoms with Crippen molar-refractivity contribution < 1.29 is 29.0 Å². The molecule has 8 rings (SSSR count). The number of nitrogens with zero attached hydrogens (tertiary/aromatic N) is 2. The fourth-order valence-corrected chi connectivity index (χ4v) is 8.84. The summed E-state index contributed by atoms with van der Waals surface area (Å²) < 4.78 is 6.22. The molecule has 0 aromatic heterocycles. The Kier molecular flexibility index (Phi) is 10.2. The van der Waals surface area contributed by atoms with E-state index in [2.05, 4.69) is 76.2 Å². The maximum atomic E-state index is 13.2. The first-order chi connectivity index (χ1) is 26.3. The van der Waals surface area contributed by atoms with Crippen LogP contribution in [-0.4, -0.2) is 77.4 Å². The fraction of sp³-hybridized carbons (Fsp3) is 0.364. The lowest BCUT2D eigenvalue weighted by atomic mass is 9.69. The number of aromatic hydroxyl groups is 1. The van der Waals surface area contributed by atoms with Crippen molar-refractivity contribution >= 4 is 29.3 Å². The molecule has 4 aliphatic rings. The Labute approximate surface area is 315 Å². The normalized spacial score (nSPS) is 21.8. The molecule has 3 heterocycles. The van der Waals surface area contributed by atoms with Crippen LogP contribution in [0.3, 0.4) is 0 Å². The van der Waals surface area contributed by atoms with Gasteiger partial charge in [-0.05, 0) is 128 Å². The van der Waals surface area contributed by atoms with Gasteiger partial charge in [-0.15, -0.1) is 0 Å². The molecule has 3 aliphatic heterocycles. The Morgan fingerprint density at radius 1 is 0.778 bits per heavy atom. The van der Waals surface area contributed by atoms with Gasteiger partial charge in [-0.25, -0.2) is 0 Å². The van der Waals surface area contributed by atoms with Crippen LogP contribution < -0.4 is 15.4 Å². The first-order valence-electron chi connectivity index (χ1n) is 19.2. The third-order valence-corrected chi connectivity index (χ3v) is 11.8. The first-order valence-corrected chi connectivity index (χ1v) is 19.2. The van der Waals surface area contributed by atoms with E-state index in [1.165, 1.54) is 22.3 Å². The molecule has 3 atom stereocenters. The van der Waals surface area contributed by atoms with Gasteiger partial charge in [-0.2, -0.15) is 0 Å². The molecule has 10 nitrogen and oxygen atoms in total. The smallest absolute Gasteiger partial charge is 0.262 e. The van der Waals surface area contributed by atoms with E-state index in [1.54, 1.807) is 18.2 Å². The minimum absolute atomic E-state index is 0.0969. The van der Waals surface area contributed by atoms with Crippen LogP contribution in [0.4, 0.5) is 5.69 Å². The van der Waals surface area contributed by atoms with Crippen LogP contribution in [0.25, 0.3) is 0 Å². The number of rotatable bonds is 11. The number of carbonyl (C=O) groups is 4. The Morgan fingerprint density at radius 2 is 1.56 bits per heavy atom. The quantitative estimate of drug-likeness (QED) is 0.155. The van der Waals surface area contributed by atoms with Gasteiger partial charge in [0, 0.05) is 31.1 Å². The molecule has 0 saturated carbocycles. The van der Waals surface area contributed by atoms with Crippen molar-refractivity contribution in [2.24, 2.45) is 5.92 Å². The molecular formula is C44H46N4O6. The molecule has 54 heavy (non-hydrogen) atoms. The molecule has 4 aromatic carbocycles. The van der Waals surface area contributed by atoms with Crippen LogP contribution in [0, 0.1) is 5.92 Å². The van der Waals surface area contributed by atoms with E-state index >= 15 is 0 Å². The standard InChI is InChI=1S/C44H46N4O6/c49-33-10-15-36-31(26-33)8-13-35(29-4-2-1-3-5-29)41(36)30-6-11-34(12-7-30)54-25-24-47-22-19-28(20-23-47)18-21-45-32-9-14-37-38(27-32)44(53)48(43(37)52)39-16-17-40(50)46-42(39)51/h1-7,9-12,14-15,26-28,35,39,41,45,49H,8,13,16-25H2,(H,46,50,51)/t35-,39?,41+/m1/s1. The number of anilines is 1. The number of hydrogen-bond donors (Lipinski definition) is 3. The van der Waals surface area contributed by atoms with E-state index in [-0.39, 0.29) is 35.8 Å². The van der Waals surface area contributed by atoms with Gasteiger partial charge in [-0.3, -0.25) is 34.3 Å². The maximum absolute atomic E-state index is 13.2. The summed E-state index contributed by atoms with van der Waals surface area (Å²) >= 11 is 0. The zero-order chi connectivity index (χ0) is 37.2. The van der Waals surface area contributed by atoms with Gasteiger partial charge >= 0.3 is 0 Å². The molecule has 4 aromatic rings. The number of benzene rings is 4. The van der Waals surface area contributed by atoms with Crippen molar-refractivity contribution in [2.75, 3.05) is 38.1 Å². The lowest BCUT2D eigenvalue weighted by Crippen LogP contribution is -2.54. The van der Waals surface area contributed by atoms with Crippen molar-refractivity contribution in [3.05, 3.63) is 124 Å². The van der Waals surface area contributed by atoms with Gasteiger partial charge in [0.25, 0.3) is 11.8 Å². The summed E-state index contributed by atoms with van der Waals surface area (Å²) in [7, 11) is 0. The molecule has 1 unspecified atom stereocenters. The molecule has 4 amide bonds. The molecule has 278 valence electrons. The van der Waals surface area contributed by atoms with Crippen molar-refractivity contribution in [1.82, 2.24) is 15.1 Å². The number of imide groups is 2. The average Bonchev–Trinajstić information content (AvgIpc) is 3.43. The lowest BCUT2D eigenvalue weighted by Gasteiger charge is -2.35. The predicted molar refractivity (Wildman–Crippen MR) is 205 cm³/mol. The summed E-state index contributed by atoms with van der Waals surface area (Å²) in [6.45, 7) is 4.30. The Morgan fingerprint density at radius 3 is 2.33 bits per heavy atom. The number of likely N-dealkylation sites (tertiary alicyclic amines) is 1. The number of phenolic OH excluding ortho intramolecular Hbond substituents is 1. The minimum Gasteiger partial charge on any atom is -0.508 e. The SMILES string of the molecule is O=C1CCC(N2C(=O)c3ccc(NCCC4CCN(CCOc5ccc([C@@H]6c7ccc(O)cc7CC[C@@H]6c6ccccc6)cc5)CC4)cc3C2=O)C(=O)N1. The van der Waals surface area contributed by atoms with Gasteiger partial charge in [0.1, 0.15) is 24.1 Å². The van der Waals surface area contributed by atoms with Crippen LogP contribution in [0.5, 0.6) is 11.5 Å². The fourth-order valence-electron chi connectivity index (χ4n) is 8.84. The highest BCUT2D eigenvalue weighted by molar-refractivity contribution is 6.23. The highest BCUT2D eigenvalue weighted by atomic mass is 16.5. The van der Waals surface area contributed by atoms with E-state index in [4.69, 9.17) is 4.74 Å². The molecule has 10 heteroatoms. The number of carbonyl (C=O) groups excluding carboxylic acids is 4. The molecule has 3 N–H and O–H groups in total. The van der Waals surface area contributed by atoms with Gasteiger partial charge in [-0.1, -0.05) is 48.5 Å². The number of nitrogens with one attached hydrogen (secondary N) is 2. The van der Waals surface area contributed by atoms with Crippen molar-refractivity contribution in [2.45, 2.75) is 62.8 Å². The summed E-state index contributed by atoms with van der Waals surface area (Å²) in [5, 5.41) is 15.8. The number of ether oxygens (including phenoxy) is 1. The van der Waals surface area contributed by atoms with E-state index < -0.39 is 23.8 Å². The highest BCUT2D eigenvalue weighted by Crippen LogP contribution is 2.47. The third kappa shape index (κ3) is 7.35. The van der Waals surface area contributed by atoms with E-state index in [0.717, 1.165) is 74.6 Å². The second kappa shape index (κ2) is 15.5. The zero-order valence-electron chi connectivity index (χ0n) is 30.3. The summed E-state index contributed by atoms with van der Waals surface area (Å²) in [4.78, 5) is 53.5. The first kappa shape index (κ1) is 35.5. The highest BCUT2D eigenvalue weighted by Gasteiger charge is 2.44. The Bertz CT molecular complexity index is 2040. The Hall–Kier alpha value is -5.48. The van der Waals surface area contributed by atoms with Gasteiger partial charge < -0.3 is 15.2 Å². The van der Waals surface area contributed by atoms with Crippen molar-refractivity contribution in [3.63, 3.8) is 0 Å². The number of phenols is 1. The van der Waals surface area contributed by atoms with Crippen LogP contribution in [0.15, 0.2) is 91.0 Å². The lowest BCUT2D eigenvalue weighted by molar-refractivity contribution is -0.136. The van der Waals surface area contributed by atoms with E-state index in [0.29, 0.717) is 24.2 Å². The summed E-state index contributed by atoms with van der Waals surface area (Å²) in [5.41, 5.74) is 6.46. The largest absolute Gasteiger partial charge is 0.508 e. The van der Waals surface area contributed by atoms with Crippen LogP contribution in [-0.2, 0) is 16.0 Å². The molecular weight excluding hydrogens is 681 g/mol. The van der Waals surface area contributed by atoms with Crippen LogP contribution >= 0.6 is 0 Å². The van der Waals surface area contributed by atoms with Gasteiger partial charge in [0.2, 0.25) is 11.8 Å². The zero-order valence-corrected chi connectivity index (χ0v) is 30.3. The van der Waals surface area contributed by atoms with Gasteiger partial charge in [0.05, 0.1) is 11.1 Å². The van der Waals surface area contributed by atoms with Crippen molar-refractivity contribution in [1.29, 1.82) is 0 Å². The van der Waals surface area contributed by atoms with Crippen LogP contribution in [0.1, 0.15) is 93.3 Å². The number of hydrogen-bond acceptors (Lipinski definition) is 8. The van der Waals surface area contributed by atoms with Gasteiger partial charge in [0.15, 0.2) is 0 Å². The summed E-state index contributed by atoms with van der Waals surface area (Å²) in [6, 6.07) is 29.3. The maximum Gasteiger partial charge on any atom is 0.262 e. The van der Waals surface area contributed by atoms with Crippen LogP contribution in [0.2, 0.25) is 0 Å². The third-order valence-electron chi connectivity index (χ3n) is 11.8. The molecule has 0 spiro atoms. The average molecular weight is 727 g/mol. The predicted octanol–water partition coefficient (Wildman–Crippen LogP) is 6.25. The Balaban J connectivity index is 0.787. The summed E-state index contributed by atoms with van der Waals surface area (Å²) in [5.74, 6) is 0.389. The second-order valence-corrected chi connectivity index (χ2v) is 15.0. The molecule has 0 bridgehead atoms. The van der Waals surface area contributed by atoms with Crippen molar-refractivity contribution in [3.8, 4) is 11.5 Å². The number of amides is 4. The van der Waals surface area contributed by atoms with E-state index in [9.17, 15) is 24.3 Å². The number of piperidine rings is 2. The molecule has 0 radical (unpaired) electrons. The summed E-state index contributed by atoms with van der Waals surface area (Å²) in [6.07, 6.45) is 5.44. The molecule has 1 aliphatic carbocycles. The topological polar surface area (TPSA) is 128 Å².